The third-order valence-corrected chi connectivity index (χ3v) is 5.80. The highest BCUT2D eigenvalue weighted by Gasteiger charge is 2.34. The van der Waals surface area contributed by atoms with Crippen molar-refractivity contribution in [2.45, 2.75) is 6.29 Å². The molecule has 10 nitrogen and oxygen atoms in total. The fourth-order valence-electron chi connectivity index (χ4n) is 4.02. The zero-order chi connectivity index (χ0) is 26.6. The van der Waals surface area contributed by atoms with Gasteiger partial charge in [0.25, 0.3) is 11.8 Å². The van der Waals surface area contributed by atoms with Gasteiger partial charge in [0.15, 0.2) is 17.8 Å². The van der Waals surface area contributed by atoms with Crippen molar-refractivity contribution >= 4 is 11.8 Å². The number of benzene rings is 2. The first-order valence-electron chi connectivity index (χ1n) is 12.6. The van der Waals surface area contributed by atoms with E-state index >= 15 is 0 Å². The van der Waals surface area contributed by atoms with E-state index in [4.69, 9.17) is 33.2 Å². The van der Waals surface area contributed by atoms with Gasteiger partial charge >= 0.3 is 0 Å². The molecule has 2 aliphatic heterocycles. The minimum Gasteiger partial charge on any atom is -0.487 e. The largest absolute Gasteiger partial charge is 0.487 e. The Morgan fingerprint density at radius 2 is 1.39 bits per heavy atom. The molecule has 204 valence electrons. The number of ether oxygens (including phenoxy) is 7. The molecule has 4 rings (SSSR count). The van der Waals surface area contributed by atoms with Gasteiger partial charge < -0.3 is 33.2 Å². The molecule has 0 unspecified atom stereocenters. The normalized spacial score (nSPS) is 15.2. The second kappa shape index (κ2) is 14.6. The predicted molar refractivity (Wildman–Crippen MR) is 137 cm³/mol. The van der Waals surface area contributed by atoms with E-state index in [0.29, 0.717) is 82.1 Å². The molecule has 2 aromatic rings. The van der Waals surface area contributed by atoms with E-state index in [9.17, 15) is 9.59 Å². The Labute approximate surface area is 222 Å². The second-order valence-corrected chi connectivity index (χ2v) is 8.34. The van der Waals surface area contributed by atoms with Crippen LogP contribution in [-0.4, -0.2) is 89.3 Å². The van der Waals surface area contributed by atoms with Gasteiger partial charge in [0.2, 0.25) is 0 Å². The summed E-state index contributed by atoms with van der Waals surface area (Å²) in [6, 6.07) is 12.4. The third-order valence-electron chi connectivity index (χ3n) is 5.80. The first kappa shape index (κ1) is 27.7. The van der Waals surface area contributed by atoms with Gasteiger partial charge in [-0.25, -0.2) is 0 Å². The van der Waals surface area contributed by atoms with Gasteiger partial charge in [-0.2, -0.15) is 0 Å². The van der Waals surface area contributed by atoms with Crippen LogP contribution in [0.1, 0.15) is 32.6 Å². The molecule has 2 heterocycles. The highest BCUT2D eigenvalue weighted by molar-refractivity contribution is 6.21. The van der Waals surface area contributed by atoms with Crippen molar-refractivity contribution in [3.63, 3.8) is 0 Å². The number of fused-ring (bicyclic) bond motifs is 1. The van der Waals surface area contributed by atoms with Crippen molar-refractivity contribution in [2.75, 3.05) is 72.6 Å². The average molecular weight is 528 g/mol. The molecule has 0 aromatic heterocycles. The number of nitrogens with zero attached hydrogens (tertiary/aromatic N) is 1. The van der Waals surface area contributed by atoms with Crippen molar-refractivity contribution < 1.29 is 42.7 Å². The van der Waals surface area contributed by atoms with Gasteiger partial charge in [-0.1, -0.05) is 30.9 Å². The van der Waals surface area contributed by atoms with Gasteiger partial charge in [0.05, 0.1) is 76.1 Å². The van der Waals surface area contributed by atoms with Crippen LogP contribution in [0.4, 0.5) is 0 Å². The van der Waals surface area contributed by atoms with Crippen LogP contribution in [0.15, 0.2) is 55.1 Å². The molecule has 10 heteroatoms. The topological polar surface area (TPSA) is 102 Å². The van der Waals surface area contributed by atoms with Crippen LogP contribution in [0, 0.1) is 0 Å². The molecule has 0 radical (unpaired) electrons. The lowest BCUT2D eigenvalue weighted by Crippen LogP contribution is -2.33. The van der Waals surface area contributed by atoms with Gasteiger partial charge in [-0.05, 0) is 24.3 Å². The second-order valence-electron chi connectivity index (χ2n) is 8.34. The van der Waals surface area contributed by atoms with E-state index in [1.165, 1.54) is 4.90 Å². The number of carbonyl (C=O) groups is 2. The molecular weight excluding hydrogens is 494 g/mol. The fourth-order valence-corrected chi connectivity index (χ4v) is 4.02. The van der Waals surface area contributed by atoms with Crippen LogP contribution in [-0.2, 0) is 23.7 Å². The maximum atomic E-state index is 12.3. The van der Waals surface area contributed by atoms with E-state index < -0.39 is 6.29 Å². The average Bonchev–Trinajstić information content (AvgIpc) is 3.56. The minimum absolute atomic E-state index is 0.208. The highest BCUT2D eigenvalue weighted by Crippen LogP contribution is 2.38. The van der Waals surface area contributed by atoms with Gasteiger partial charge in [-0.3, -0.25) is 14.5 Å². The van der Waals surface area contributed by atoms with E-state index in [2.05, 4.69) is 6.58 Å². The SMILES string of the molecule is C=CCOc1c(OCCOCCOCCOCCN2C(=O)c3ccccc3C2=O)cccc1C1OCCO1. The molecular formula is C28H33NO9. The maximum Gasteiger partial charge on any atom is 0.261 e. The summed E-state index contributed by atoms with van der Waals surface area (Å²) >= 11 is 0. The summed E-state index contributed by atoms with van der Waals surface area (Å²) in [4.78, 5) is 25.8. The van der Waals surface area contributed by atoms with Gasteiger partial charge in [0.1, 0.15) is 13.2 Å². The lowest BCUT2D eigenvalue weighted by atomic mass is 10.1. The Hall–Kier alpha value is -3.28. The molecule has 0 saturated carbocycles. The standard InChI is InChI=1S/C28H33NO9/c1-2-11-36-25-23(28-37-19-20-38-28)8-5-9-24(25)35-18-17-34-16-15-33-14-13-32-12-10-29-26(30)21-6-3-4-7-22(21)27(29)31/h2-9,28H,1,10-20H2. The summed E-state index contributed by atoms with van der Waals surface area (Å²) in [6.07, 6.45) is 1.19. The number of hydrogen-bond donors (Lipinski definition) is 0. The van der Waals surface area contributed by atoms with Crippen molar-refractivity contribution in [3.05, 3.63) is 71.8 Å². The number of hydrogen-bond acceptors (Lipinski definition) is 9. The van der Waals surface area contributed by atoms with Crippen molar-refractivity contribution in [1.82, 2.24) is 4.90 Å². The number of rotatable bonds is 17. The van der Waals surface area contributed by atoms with Crippen LogP contribution < -0.4 is 9.47 Å². The molecule has 0 bridgehead atoms. The first-order valence-corrected chi connectivity index (χ1v) is 12.6. The van der Waals surface area contributed by atoms with E-state index in [1.54, 1.807) is 30.3 Å². The molecule has 0 spiro atoms. The molecule has 2 aliphatic rings. The Balaban J connectivity index is 1.05. The first-order chi connectivity index (χ1) is 18.7. The Morgan fingerprint density at radius 3 is 2.03 bits per heavy atom. The number of carbonyl (C=O) groups excluding carboxylic acids is 2. The van der Waals surface area contributed by atoms with Gasteiger partial charge in [0, 0.05) is 0 Å². The smallest absolute Gasteiger partial charge is 0.261 e. The molecule has 0 aliphatic carbocycles. The van der Waals surface area contributed by atoms with Crippen LogP contribution in [0.25, 0.3) is 0 Å². The summed E-state index contributed by atoms with van der Waals surface area (Å²) in [5.74, 6) is 0.598. The summed E-state index contributed by atoms with van der Waals surface area (Å²) in [5.41, 5.74) is 1.66. The zero-order valence-corrected chi connectivity index (χ0v) is 21.3. The molecule has 38 heavy (non-hydrogen) atoms. The summed E-state index contributed by atoms with van der Waals surface area (Å²) < 4.78 is 39.5. The Bertz CT molecular complexity index is 1050. The fraction of sp³-hybridized carbons (Fsp3) is 0.429. The molecule has 0 atom stereocenters. The van der Waals surface area contributed by atoms with Crippen LogP contribution in [0.3, 0.4) is 0 Å². The molecule has 1 saturated heterocycles. The van der Waals surface area contributed by atoms with E-state index in [-0.39, 0.29) is 25.0 Å². The van der Waals surface area contributed by atoms with Crippen molar-refractivity contribution in [2.24, 2.45) is 0 Å². The number of amides is 2. The molecule has 0 N–H and O–H groups in total. The maximum absolute atomic E-state index is 12.3. The van der Waals surface area contributed by atoms with Gasteiger partial charge in [-0.15, -0.1) is 0 Å². The molecule has 1 fully saturated rings. The predicted octanol–water partition coefficient (Wildman–Crippen LogP) is 3.02. The van der Waals surface area contributed by atoms with E-state index in [0.717, 1.165) is 5.56 Å². The summed E-state index contributed by atoms with van der Waals surface area (Å²) in [5, 5.41) is 0. The van der Waals surface area contributed by atoms with Crippen LogP contribution >= 0.6 is 0 Å². The van der Waals surface area contributed by atoms with Crippen molar-refractivity contribution in [3.8, 4) is 11.5 Å². The van der Waals surface area contributed by atoms with Crippen LogP contribution in [0.5, 0.6) is 11.5 Å². The Kier molecular flexibility index (Phi) is 10.7. The molecule has 2 amide bonds. The van der Waals surface area contributed by atoms with Crippen molar-refractivity contribution in [1.29, 1.82) is 0 Å². The lowest BCUT2D eigenvalue weighted by molar-refractivity contribution is -0.0459. The third kappa shape index (κ3) is 7.18. The highest BCUT2D eigenvalue weighted by atomic mass is 16.7. The quantitative estimate of drug-likeness (QED) is 0.175. The lowest BCUT2D eigenvalue weighted by Gasteiger charge is -2.18. The number of para-hydroxylation sites is 1. The zero-order valence-electron chi connectivity index (χ0n) is 21.3. The summed E-state index contributed by atoms with van der Waals surface area (Å²) in [6.45, 7) is 7.81. The number of imide groups is 1. The van der Waals surface area contributed by atoms with Crippen LogP contribution in [0.2, 0.25) is 0 Å². The summed E-state index contributed by atoms with van der Waals surface area (Å²) in [7, 11) is 0. The monoisotopic (exact) mass is 527 g/mol. The van der Waals surface area contributed by atoms with E-state index in [1.807, 2.05) is 18.2 Å². The molecule has 2 aromatic carbocycles. The Morgan fingerprint density at radius 1 is 0.789 bits per heavy atom. The minimum atomic E-state index is -0.474.